The zero-order valence-corrected chi connectivity index (χ0v) is 13.0. The second-order valence-corrected chi connectivity index (χ2v) is 5.60. The Balaban J connectivity index is 1.94. The SMILES string of the molecule is CC[C@H]1COc2cc(C(=O)NO)ccc2CN1c1ccccc1. The number of benzene rings is 2. The molecule has 0 saturated heterocycles. The molecule has 0 unspecified atom stereocenters. The summed E-state index contributed by atoms with van der Waals surface area (Å²) in [5.41, 5.74) is 4.22. The monoisotopic (exact) mass is 312 g/mol. The van der Waals surface area contributed by atoms with Crippen LogP contribution < -0.4 is 15.1 Å². The summed E-state index contributed by atoms with van der Waals surface area (Å²) in [5.74, 6) is 0.163. The van der Waals surface area contributed by atoms with Gasteiger partial charge in [-0.15, -0.1) is 0 Å². The summed E-state index contributed by atoms with van der Waals surface area (Å²) in [6, 6.07) is 15.8. The minimum atomic E-state index is -0.535. The van der Waals surface area contributed by atoms with Gasteiger partial charge in [0.05, 0.1) is 6.04 Å². The Kier molecular flexibility index (Phi) is 4.48. The molecule has 2 aromatic carbocycles. The molecule has 2 aromatic rings. The second kappa shape index (κ2) is 6.71. The molecule has 5 nitrogen and oxygen atoms in total. The van der Waals surface area contributed by atoms with Crippen molar-refractivity contribution in [3.8, 4) is 5.75 Å². The van der Waals surface area contributed by atoms with Crippen molar-refractivity contribution >= 4 is 11.6 Å². The molecule has 0 fully saturated rings. The quantitative estimate of drug-likeness (QED) is 0.675. The number of ether oxygens (including phenoxy) is 1. The number of fused-ring (bicyclic) bond motifs is 1. The van der Waals surface area contributed by atoms with Gasteiger partial charge in [0.15, 0.2) is 0 Å². The highest BCUT2D eigenvalue weighted by Gasteiger charge is 2.24. The number of carbonyl (C=O) groups excluding carboxylic acids is 1. The van der Waals surface area contributed by atoms with Crippen LogP contribution >= 0.6 is 0 Å². The van der Waals surface area contributed by atoms with Crippen molar-refractivity contribution in [1.82, 2.24) is 5.48 Å². The molecule has 1 amide bonds. The second-order valence-electron chi connectivity index (χ2n) is 5.60. The first-order chi connectivity index (χ1) is 11.2. The zero-order valence-electron chi connectivity index (χ0n) is 13.0. The molecule has 5 heteroatoms. The third-order valence-corrected chi connectivity index (χ3v) is 4.20. The maximum Gasteiger partial charge on any atom is 0.274 e. The van der Waals surface area contributed by atoms with Crippen LogP contribution in [0.3, 0.4) is 0 Å². The van der Waals surface area contributed by atoms with Gasteiger partial charge < -0.3 is 9.64 Å². The molecule has 0 radical (unpaired) electrons. The van der Waals surface area contributed by atoms with Crippen LogP contribution in [0.15, 0.2) is 48.5 Å². The number of rotatable bonds is 3. The van der Waals surface area contributed by atoms with E-state index in [0.29, 0.717) is 17.9 Å². The highest BCUT2D eigenvalue weighted by Crippen LogP contribution is 2.30. The van der Waals surface area contributed by atoms with Crippen molar-refractivity contribution in [2.75, 3.05) is 11.5 Å². The summed E-state index contributed by atoms with van der Waals surface area (Å²) in [6.07, 6.45) is 0.965. The van der Waals surface area contributed by atoms with Crippen molar-refractivity contribution in [3.63, 3.8) is 0 Å². The number of hydroxylamine groups is 1. The molecule has 0 aliphatic carbocycles. The summed E-state index contributed by atoms with van der Waals surface area (Å²) in [4.78, 5) is 13.9. The smallest absolute Gasteiger partial charge is 0.274 e. The highest BCUT2D eigenvalue weighted by atomic mass is 16.5. The number of amides is 1. The summed E-state index contributed by atoms with van der Waals surface area (Å²) in [5, 5.41) is 8.77. The van der Waals surface area contributed by atoms with Gasteiger partial charge in [0.25, 0.3) is 5.91 Å². The molecule has 0 bridgehead atoms. The molecule has 0 saturated carbocycles. The van der Waals surface area contributed by atoms with Gasteiger partial charge in [0, 0.05) is 23.4 Å². The van der Waals surface area contributed by atoms with E-state index in [1.54, 1.807) is 17.6 Å². The topological polar surface area (TPSA) is 61.8 Å². The molecule has 120 valence electrons. The van der Waals surface area contributed by atoms with Crippen LogP contribution in [0, 0.1) is 0 Å². The molecule has 2 N–H and O–H groups in total. The number of hydrogen-bond acceptors (Lipinski definition) is 4. The first-order valence-corrected chi connectivity index (χ1v) is 7.74. The normalized spacial score (nSPS) is 17.0. The number of nitrogens with zero attached hydrogens (tertiary/aromatic N) is 1. The van der Waals surface area contributed by atoms with E-state index >= 15 is 0 Å². The average molecular weight is 312 g/mol. The fourth-order valence-corrected chi connectivity index (χ4v) is 2.87. The number of carbonyl (C=O) groups is 1. The van der Waals surface area contributed by atoms with Crippen LogP contribution in [-0.4, -0.2) is 23.8 Å². The Labute approximate surface area is 135 Å². The Morgan fingerprint density at radius 2 is 2.09 bits per heavy atom. The Bertz CT molecular complexity index is 688. The van der Waals surface area contributed by atoms with Crippen LogP contribution in [0.5, 0.6) is 5.75 Å². The van der Waals surface area contributed by atoms with Gasteiger partial charge in [-0.05, 0) is 30.7 Å². The summed E-state index contributed by atoms with van der Waals surface area (Å²) >= 11 is 0. The maximum absolute atomic E-state index is 11.6. The molecule has 1 atom stereocenters. The lowest BCUT2D eigenvalue weighted by Gasteiger charge is -2.30. The van der Waals surface area contributed by atoms with E-state index in [1.807, 2.05) is 24.3 Å². The van der Waals surface area contributed by atoms with E-state index in [1.165, 1.54) is 0 Å². The summed E-state index contributed by atoms with van der Waals surface area (Å²) in [6.45, 7) is 3.42. The maximum atomic E-state index is 11.6. The minimum absolute atomic E-state index is 0.264. The first kappa shape index (κ1) is 15.4. The van der Waals surface area contributed by atoms with Crippen molar-refractivity contribution < 1.29 is 14.7 Å². The van der Waals surface area contributed by atoms with E-state index < -0.39 is 5.91 Å². The predicted molar refractivity (Wildman–Crippen MR) is 87.9 cm³/mol. The van der Waals surface area contributed by atoms with Crippen LogP contribution in [0.2, 0.25) is 0 Å². The fraction of sp³-hybridized carbons (Fsp3) is 0.278. The van der Waals surface area contributed by atoms with Crippen LogP contribution in [0.25, 0.3) is 0 Å². The van der Waals surface area contributed by atoms with Crippen LogP contribution in [0.4, 0.5) is 5.69 Å². The Hall–Kier alpha value is -2.53. The van der Waals surface area contributed by atoms with Gasteiger partial charge in [-0.3, -0.25) is 10.0 Å². The van der Waals surface area contributed by atoms with E-state index in [2.05, 4.69) is 24.0 Å². The van der Waals surface area contributed by atoms with Crippen molar-refractivity contribution in [1.29, 1.82) is 0 Å². The van der Waals surface area contributed by atoms with Crippen molar-refractivity contribution in [2.24, 2.45) is 0 Å². The Morgan fingerprint density at radius 3 is 2.78 bits per heavy atom. The lowest BCUT2D eigenvalue weighted by Crippen LogP contribution is -2.36. The van der Waals surface area contributed by atoms with E-state index in [0.717, 1.165) is 24.2 Å². The van der Waals surface area contributed by atoms with Gasteiger partial charge in [-0.2, -0.15) is 0 Å². The average Bonchev–Trinajstić information content (AvgIpc) is 2.80. The van der Waals surface area contributed by atoms with Gasteiger partial charge in [-0.25, -0.2) is 5.48 Å². The molecule has 1 heterocycles. The molecular weight excluding hydrogens is 292 g/mol. The largest absolute Gasteiger partial charge is 0.491 e. The molecule has 23 heavy (non-hydrogen) atoms. The lowest BCUT2D eigenvalue weighted by molar-refractivity contribution is 0.0706. The van der Waals surface area contributed by atoms with E-state index in [-0.39, 0.29) is 6.04 Å². The lowest BCUT2D eigenvalue weighted by atomic mass is 10.1. The molecule has 0 spiro atoms. The zero-order chi connectivity index (χ0) is 16.2. The predicted octanol–water partition coefficient (Wildman–Crippen LogP) is 2.98. The molecule has 3 rings (SSSR count). The number of para-hydroxylation sites is 1. The number of nitrogens with one attached hydrogen (secondary N) is 1. The first-order valence-electron chi connectivity index (χ1n) is 7.74. The number of anilines is 1. The number of hydrogen-bond donors (Lipinski definition) is 2. The standard InChI is InChI=1S/C18H20N2O3/c1-2-15-12-23-17-10-13(18(21)19-22)8-9-14(17)11-20(15)16-6-4-3-5-7-16/h3-10,15,22H,2,11-12H2,1H3,(H,19,21)/t15-/m0/s1. The summed E-state index contributed by atoms with van der Waals surface area (Å²) in [7, 11) is 0. The van der Waals surface area contributed by atoms with Gasteiger partial charge in [0.2, 0.25) is 0 Å². The van der Waals surface area contributed by atoms with Crippen LogP contribution in [-0.2, 0) is 6.54 Å². The van der Waals surface area contributed by atoms with E-state index in [4.69, 9.17) is 9.94 Å². The van der Waals surface area contributed by atoms with Crippen molar-refractivity contribution in [3.05, 3.63) is 59.7 Å². The fourth-order valence-electron chi connectivity index (χ4n) is 2.87. The third-order valence-electron chi connectivity index (χ3n) is 4.20. The van der Waals surface area contributed by atoms with E-state index in [9.17, 15) is 4.79 Å². The Morgan fingerprint density at radius 1 is 1.30 bits per heavy atom. The van der Waals surface area contributed by atoms with Crippen LogP contribution in [0.1, 0.15) is 29.3 Å². The molecule has 0 aromatic heterocycles. The van der Waals surface area contributed by atoms with Crippen molar-refractivity contribution in [2.45, 2.75) is 25.9 Å². The van der Waals surface area contributed by atoms with Gasteiger partial charge in [-0.1, -0.05) is 31.2 Å². The minimum Gasteiger partial charge on any atom is -0.491 e. The molecule has 1 aliphatic heterocycles. The van der Waals surface area contributed by atoms with Gasteiger partial charge >= 0.3 is 0 Å². The third kappa shape index (κ3) is 3.14. The summed E-state index contributed by atoms with van der Waals surface area (Å²) < 4.78 is 5.94. The molecule has 1 aliphatic rings. The molecular formula is C18H20N2O3. The van der Waals surface area contributed by atoms with Gasteiger partial charge in [0.1, 0.15) is 12.4 Å². The highest BCUT2D eigenvalue weighted by molar-refractivity contribution is 5.93.